The number of hydrogen-bond donors (Lipinski definition) is 1. The molecular formula is C20H27NO4S. The summed E-state index contributed by atoms with van der Waals surface area (Å²) in [5.41, 5.74) is 4.13. The summed E-state index contributed by atoms with van der Waals surface area (Å²) >= 11 is 0. The highest BCUT2D eigenvalue weighted by atomic mass is 32.2. The fraction of sp³-hybridized carbons (Fsp3) is 0.400. The number of aliphatic hydroxyl groups is 1. The van der Waals surface area contributed by atoms with Gasteiger partial charge in [-0.05, 0) is 51.0 Å². The van der Waals surface area contributed by atoms with Gasteiger partial charge in [0.1, 0.15) is 18.5 Å². The highest BCUT2D eigenvalue weighted by Gasteiger charge is 2.23. The molecule has 0 aliphatic carbocycles. The average molecular weight is 378 g/mol. The van der Waals surface area contributed by atoms with Crippen LogP contribution in [-0.2, 0) is 10.0 Å². The molecule has 0 bridgehead atoms. The molecule has 2 rings (SSSR count). The van der Waals surface area contributed by atoms with Crippen LogP contribution in [-0.4, -0.2) is 44.1 Å². The van der Waals surface area contributed by atoms with Crippen LogP contribution in [0.4, 0.5) is 0 Å². The fourth-order valence-corrected chi connectivity index (χ4v) is 4.12. The molecular weight excluding hydrogens is 350 g/mol. The molecule has 5 nitrogen and oxygen atoms in total. The lowest BCUT2D eigenvalue weighted by Crippen LogP contribution is -2.37. The second-order valence-electron chi connectivity index (χ2n) is 6.79. The Balaban J connectivity index is 2.01. The summed E-state index contributed by atoms with van der Waals surface area (Å²) in [6, 6.07) is 10.7. The lowest BCUT2D eigenvalue weighted by atomic mass is 10.1. The van der Waals surface area contributed by atoms with Gasteiger partial charge in [-0.2, -0.15) is 4.31 Å². The van der Waals surface area contributed by atoms with Gasteiger partial charge in [0.05, 0.1) is 4.90 Å². The van der Waals surface area contributed by atoms with Crippen molar-refractivity contribution < 1.29 is 18.3 Å². The van der Waals surface area contributed by atoms with Gasteiger partial charge in [-0.1, -0.05) is 35.4 Å². The minimum absolute atomic E-state index is 0.0263. The van der Waals surface area contributed by atoms with Gasteiger partial charge in [-0.25, -0.2) is 8.42 Å². The quantitative estimate of drug-likeness (QED) is 0.806. The van der Waals surface area contributed by atoms with Crippen molar-refractivity contribution in [2.75, 3.05) is 20.2 Å². The van der Waals surface area contributed by atoms with Gasteiger partial charge >= 0.3 is 0 Å². The third kappa shape index (κ3) is 4.84. The molecule has 1 N–H and O–H groups in total. The Bertz CT molecular complexity index is 837. The molecule has 0 spiro atoms. The van der Waals surface area contributed by atoms with Crippen LogP contribution in [0, 0.1) is 27.7 Å². The van der Waals surface area contributed by atoms with Crippen LogP contribution >= 0.6 is 0 Å². The lowest BCUT2D eigenvalue weighted by molar-refractivity contribution is 0.0929. The molecule has 6 heteroatoms. The molecule has 2 aromatic rings. The summed E-state index contributed by atoms with van der Waals surface area (Å²) < 4.78 is 32.0. The van der Waals surface area contributed by atoms with E-state index in [1.54, 1.807) is 24.3 Å². The number of benzene rings is 2. The first kappa shape index (κ1) is 20.4. The van der Waals surface area contributed by atoms with Crippen LogP contribution in [0.2, 0.25) is 0 Å². The number of nitrogens with zero attached hydrogens (tertiary/aromatic N) is 1. The monoisotopic (exact) mass is 377 g/mol. The zero-order chi connectivity index (χ0) is 19.5. The molecule has 0 radical (unpaired) electrons. The van der Waals surface area contributed by atoms with Crippen molar-refractivity contribution in [3.05, 3.63) is 58.7 Å². The largest absolute Gasteiger partial charge is 0.490 e. The summed E-state index contributed by atoms with van der Waals surface area (Å²) in [5, 5.41) is 10.2. The third-order valence-electron chi connectivity index (χ3n) is 4.22. The smallest absolute Gasteiger partial charge is 0.242 e. The Morgan fingerprint density at radius 2 is 1.54 bits per heavy atom. The maximum Gasteiger partial charge on any atom is 0.242 e. The first-order valence-corrected chi connectivity index (χ1v) is 9.97. The van der Waals surface area contributed by atoms with Crippen LogP contribution in [0.3, 0.4) is 0 Å². The minimum atomic E-state index is -3.64. The standard InChI is InChI=1S/C20H27NO4S/c1-14-6-8-19(9-7-14)26(23,24)21(5)12-18(22)13-25-20-16(3)10-15(2)11-17(20)4/h6-11,18,22H,12-13H2,1-5H3. The zero-order valence-corrected chi connectivity index (χ0v) is 16.8. The Morgan fingerprint density at radius 3 is 2.08 bits per heavy atom. The molecule has 142 valence electrons. The number of aryl methyl sites for hydroxylation is 4. The second-order valence-corrected chi connectivity index (χ2v) is 8.84. The molecule has 26 heavy (non-hydrogen) atoms. The van der Waals surface area contributed by atoms with E-state index in [2.05, 4.69) is 0 Å². The molecule has 0 saturated carbocycles. The van der Waals surface area contributed by atoms with Crippen LogP contribution in [0.15, 0.2) is 41.3 Å². The SMILES string of the molecule is Cc1ccc(S(=O)(=O)N(C)CC(O)COc2c(C)cc(C)cc2C)cc1. The predicted octanol–water partition coefficient (Wildman–Crippen LogP) is 2.98. The second kappa shape index (κ2) is 8.20. The number of likely N-dealkylation sites (N-methyl/N-ethyl adjacent to an activating group) is 1. The fourth-order valence-electron chi connectivity index (χ4n) is 2.91. The predicted molar refractivity (Wildman–Crippen MR) is 103 cm³/mol. The first-order chi connectivity index (χ1) is 12.1. The van der Waals surface area contributed by atoms with E-state index in [1.165, 1.54) is 7.05 Å². The van der Waals surface area contributed by atoms with Crippen molar-refractivity contribution in [2.45, 2.75) is 38.7 Å². The summed E-state index contributed by atoms with van der Waals surface area (Å²) in [5.74, 6) is 0.735. The number of hydrogen-bond acceptors (Lipinski definition) is 4. The molecule has 0 fully saturated rings. The summed E-state index contributed by atoms with van der Waals surface area (Å²) in [4.78, 5) is 0.212. The van der Waals surface area contributed by atoms with E-state index in [4.69, 9.17) is 4.74 Å². The van der Waals surface area contributed by atoms with E-state index >= 15 is 0 Å². The molecule has 0 heterocycles. The van der Waals surface area contributed by atoms with E-state index in [-0.39, 0.29) is 18.0 Å². The number of sulfonamides is 1. The minimum Gasteiger partial charge on any atom is -0.490 e. The average Bonchev–Trinajstić information content (AvgIpc) is 2.54. The lowest BCUT2D eigenvalue weighted by Gasteiger charge is -2.22. The third-order valence-corrected chi connectivity index (χ3v) is 6.06. The van der Waals surface area contributed by atoms with E-state index in [0.717, 1.165) is 32.3 Å². The van der Waals surface area contributed by atoms with Crippen molar-refractivity contribution >= 4 is 10.0 Å². The molecule has 0 aliphatic rings. The number of ether oxygens (including phenoxy) is 1. The summed E-state index contributed by atoms with van der Waals surface area (Å²) in [6.07, 6.45) is -0.930. The van der Waals surface area contributed by atoms with Crippen LogP contribution in [0.1, 0.15) is 22.3 Å². The Labute approximate surface area is 156 Å². The molecule has 0 amide bonds. The highest BCUT2D eigenvalue weighted by Crippen LogP contribution is 2.24. The highest BCUT2D eigenvalue weighted by molar-refractivity contribution is 7.89. The van der Waals surface area contributed by atoms with E-state index in [0.29, 0.717) is 0 Å². The molecule has 1 atom stereocenters. The van der Waals surface area contributed by atoms with Crippen LogP contribution in [0.5, 0.6) is 5.75 Å². The van der Waals surface area contributed by atoms with Gasteiger partial charge in [0, 0.05) is 13.6 Å². The van der Waals surface area contributed by atoms with Crippen molar-refractivity contribution in [3.63, 3.8) is 0 Å². The Kier molecular flexibility index (Phi) is 6.44. The maximum absolute atomic E-state index is 12.6. The van der Waals surface area contributed by atoms with Crippen LogP contribution in [0.25, 0.3) is 0 Å². The molecule has 0 aromatic heterocycles. The van der Waals surface area contributed by atoms with Gasteiger partial charge in [0.25, 0.3) is 0 Å². The topological polar surface area (TPSA) is 66.8 Å². The number of aliphatic hydroxyl groups excluding tert-OH is 1. The Morgan fingerprint density at radius 1 is 1.00 bits per heavy atom. The first-order valence-electron chi connectivity index (χ1n) is 8.53. The van der Waals surface area contributed by atoms with Crippen molar-refractivity contribution in [3.8, 4) is 5.75 Å². The van der Waals surface area contributed by atoms with Gasteiger partial charge in [-0.15, -0.1) is 0 Å². The normalized spacial score (nSPS) is 13.0. The van der Waals surface area contributed by atoms with Gasteiger partial charge < -0.3 is 9.84 Å². The molecule has 0 aliphatic heterocycles. The van der Waals surface area contributed by atoms with Crippen LogP contribution < -0.4 is 4.74 Å². The summed E-state index contributed by atoms with van der Waals surface area (Å²) in [6.45, 7) is 7.81. The van der Waals surface area contributed by atoms with Crippen molar-refractivity contribution in [1.29, 1.82) is 0 Å². The van der Waals surface area contributed by atoms with E-state index in [1.807, 2.05) is 39.8 Å². The van der Waals surface area contributed by atoms with Gasteiger partial charge in [0.2, 0.25) is 10.0 Å². The van der Waals surface area contributed by atoms with Gasteiger partial charge in [0.15, 0.2) is 0 Å². The Hall–Kier alpha value is -1.89. The maximum atomic E-state index is 12.6. The van der Waals surface area contributed by atoms with Gasteiger partial charge in [-0.3, -0.25) is 0 Å². The number of rotatable bonds is 7. The van der Waals surface area contributed by atoms with Crippen molar-refractivity contribution in [2.24, 2.45) is 0 Å². The molecule has 0 saturated heterocycles. The summed E-state index contributed by atoms with van der Waals surface area (Å²) in [7, 11) is -2.18. The van der Waals surface area contributed by atoms with Crippen molar-refractivity contribution in [1.82, 2.24) is 4.31 Å². The molecule has 1 unspecified atom stereocenters. The zero-order valence-electron chi connectivity index (χ0n) is 16.0. The van der Waals surface area contributed by atoms with E-state index in [9.17, 15) is 13.5 Å². The van der Waals surface area contributed by atoms with E-state index < -0.39 is 16.1 Å². The molecule has 2 aromatic carbocycles.